The summed E-state index contributed by atoms with van der Waals surface area (Å²) in [4.78, 5) is 21.8. The second kappa shape index (κ2) is 9.29. The molecule has 1 N–H and O–H groups in total. The van der Waals surface area contributed by atoms with Gasteiger partial charge in [0.25, 0.3) is 5.91 Å². The van der Waals surface area contributed by atoms with Crippen LogP contribution in [0, 0.1) is 5.92 Å². The average molecular weight is 393 g/mol. The van der Waals surface area contributed by atoms with Crippen LogP contribution in [0.5, 0.6) is 0 Å². The molecule has 2 aliphatic rings. The number of carbonyl (C=O) groups excluding carboxylic acids is 1. The first-order valence-electron chi connectivity index (χ1n) is 11.1. The summed E-state index contributed by atoms with van der Waals surface area (Å²) in [6.07, 6.45) is 9.26. The molecule has 2 aromatic rings. The second-order valence-electron chi connectivity index (χ2n) is 8.47. The predicted molar refractivity (Wildman–Crippen MR) is 120 cm³/mol. The van der Waals surface area contributed by atoms with Crippen LogP contribution >= 0.6 is 0 Å². The van der Waals surface area contributed by atoms with Crippen molar-refractivity contribution in [1.29, 1.82) is 0 Å². The number of aromatic nitrogens is 1. The van der Waals surface area contributed by atoms with Crippen LogP contribution in [0.4, 0.5) is 17.1 Å². The zero-order valence-corrected chi connectivity index (χ0v) is 17.4. The summed E-state index contributed by atoms with van der Waals surface area (Å²) in [7, 11) is 0. The largest absolute Gasteiger partial charge is 0.372 e. The Balaban J connectivity index is 1.39. The first-order chi connectivity index (χ1) is 14.2. The number of carbonyl (C=O) groups is 1. The van der Waals surface area contributed by atoms with Gasteiger partial charge in [-0.2, -0.15) is 0 Å². The van der Waals surface area contributed by atoms with Crippen LogP contribution in [0.1, 0.15) is 55.9 Å². The van der Waals surface area contributed by atoms with E-state index in [2.05, 4.69) is 39.2 Å². The zero-order valence-electron chi connectivity index (χ0n) is 17.4. The van der Waals surface area contributed by atoms with Crippen molar-refractivity contribution in [1.82, 2.24) is 4.98 Å². The number of anilines is 3. The van der Waals surface area contributed by atoms with Crippen LogP contribution in [0.15, 0.2) is 42.6 Å². The molecule has 0 saturated carbocycles. The van der Waals surface area contributed by atoms with Crippen molar-refractivity contribution in [2.24, 2.45) is 5.92 Å². The highest BCUT2D eigenvalue weighted by atomic mass is 16.1. The van der Waals surface area contributed by atoms with Crippen molar-refractivity contribution in [3.05, 3.63) is 48.3 Å². The summed E-state index contributed by atoms with van der Waals surface area (Å²) in [5.41, 5.74) is 3.62. The molecule has 0 atom stereocenters. The maximum Gasteiger partial charge on any atom is 0.274 e. The summed E-state index contributed by atoms with van der Waals surface area (Å²) in [5, 5.41) is 3.00. The number of rotatable bonds is 4. The van der Waals surface area contributed by atoms with Crippen molar-refractivity contribution >= 4 is 23.0 Å². The van der Waals surface area contributed by atoms with E-state index in [0.717, 1.165) is 43.5 Å². The molecule has 2 saturated heterocycles. The topological polar surface area (TPSA) is 48.5 Å². The van der Waals surface area contributed by atoms with Crippen LogP contribution < -0.4 is 15.1 Å². The van der Waals surface area contributed by atoms with Gasteiger partial charge in [0, 0.05) is 49.4 Å². The van der Waals surface area contributed by atoms with Crippen molar-refractivity contribution < 1.29 is 4.79 Å². The third-order valence-corrected chi connectivity index (χ3v) is 6.22. The summed E-state index contributed by atoms with van der Waals surface area (Å²) in [5.74, 6) is 0.670. The van der Waals surface area contributed by atoms with Gasteiger partial charge in [-0.25, -0.2) is 0 Å². The summed E-state index contributed by atoms with van der Waals surface area (Å²) in [6.45, 7) is 6.66. The number of nitrogens with zero attached hydrogens (tertiary/aromatic N) is 3. The lowest BCUT2D eigenvalue weighted by Gasteiger charge is -2.32. The van der Waals surface area contributed by atoms with E-state index < -0.39 is 0 Å². The second-order valence-corrected chi connectivity index (χ2v) is 8.47. The Bertz CT molecular complexity index is 804. The van der Waals surface area contributed by atoms with Gasteiger partial charge in [0.2, 0.25) is 0 Å². The molecule has 154 valence electrons. The number of pyridine rings is 1. The Morgan fingerprint density at radius 1 is 0.897 bits per heavy atom. The zero-order chi connectivity index (χ0) is 20.1. The van der Waals surface area contributed by atoms with E-state index in [0.29, 0.717) is 5.69 Å². The molecule has 2 fully saturated rings. The van der Waals surface area contributed by atoms with Crippen LogP contribution in [-0.4, -0.2) is 37.1 Å². The van der Waals surface area contributed by atoms with E-state index in [1.807, 2.05) is 24.3 Å². The Labute approximate surface area is 174 Å². The Morgan fingerprint density at radius 3 is 2.24 bits per heavy atom. The van der Waals surface area contributed by atoms with E-state index in [1.165, 1.54) is 44.2 Å². The first-order valence-corrected chi connectivity index (χ1v) is 11.1. The van der Waals surface area contributed by atoms with Crippen LogP contribution in [-0.2, 0) is 0 Å². The van der Waals surface area contributed by atoms with E-state index in [4.69, 9.17) is 0 Å². The van der Waals surface area contributed by atoms with E-state index in [9.17, 15) is 4.79 Å². The maximum atomic E-state index is 12.7. The van der Waals surface area contributed by atoms with Crippen LogP contribution in [0.2, 0.25) is 0 Å². The number of piperidine rings is 1. The van der Waals surface area contributed by atoms with Gasteiger partial charge in [0.05, 0.1) is 0 Å². The van der Waals surface area contributed by atoms with Crippen LogP contribution in [0.3, 0.4) is 0 Å². The number of benzene rings is 1. The Kier molecular flexibility index (Phi) is 6.33. The molecule has 4 rings (SSSR count). The van der Waals surface area contributed by atoms with Crippen molar-refractivity contribution in [3.8, 4) is 0 Å². The highest BCUT2D eigenvalue weighted by molar-refractivity contribution is 6.03. The molecule has 0 aliphatic carbocycles. The molecule has 0 unspecified atom stereocenters. The van der Waals surface area contributed by atoms with Gasteiger partial charge < -0.3 is 15.1 Å². The highest BCUT2D eigenvalue weighted by Crippen LogP contribution is 2.25. The first kappa shape index (κ1) is 19.7. The van der Waals surface area contributed by atoms with Gasteiger partial charge in [-0.15, -0.1) is 0 Å². The molecule has 5 nitrogen and oxygen atoms in total. The molecule has 1 amide bonds. The normalized spacial score (nSPS) is 18.4. The molecule has 3 heterocycles. The Morgan fingerprint density at radius 2 is 1.55 bits per heavy atom. The number of hydrogen-bond donors (Lipinski definition) is 1. The smallest absolute Gasteiger partial charge is 0.274 e. The van der Waals surface area contributed by atoms with Gasteiger partial charge in [-0.3, -0.25) is 9.78 Å². The monoisotopic (exact) mass is 392 g/mol. The minimum atomic E-state index is -0.152. The summed E-state index contributed by atoms with van der Waals surface area (Å²) in [6, 6.07) is 12.1. The fourth-order valence-corrected chi connectivity index (χ4v) is 4.29. The quantitative estimate of drug-likeness (QED) is 0.800. The average Bonchev–Trinajstić information content (AvgIpc) is 3.05. The predicted octanol–water partition coefficient (Wildman–Crippen LogP) is 4.95. The summed E-state index contributed by atoms with van der Waals surface area (Å²) < 4.78 is 0. The van der Waals surface area contributed by atoms with Gasteiger partial charge in [-0.05, 0) is 68.0 Å². The number of hydrogen-bond acceptors (Lipinski definition) is 4. The SMILES string of the molecule is CC1CCN(c2ccc(NC(=O)c3cc(N4CCCCCC4)ccn3)cc2)CC1. The fraction of sp³-hybridized carbons (Fsp3) is 0.500. The molecule has 0 radical (unpaired) electrons. The lowest BCUT2D eigenvalue weighted by atomic mass is 9.99. The lowest BCUT2D eigenvalue weighted by molar-refractivity contribution is 0.102. The van der Waals surface area contributed by atoms with Crippen LogP contribution in [0.25, 0.3) is 0 Å². The van der Waals surface area contributed by atoms with Gasteiger partial charge in [-0.1, -0.05) is 19.8 Å². The van der Waals surface area contributed by atoms with E-state index >= 15 is 0 Å². The molecule has 2 aliphatic heterocycles. The van der Waals surface area contributed by atoms with Gasteiger partial charge in [0.15, 0.2) is 0 Å². The molecule has 0 bridgehead atoms. The molecule has 5 heteroatoms. The van der Waals surface area contributed by atoms with Gasteiger partial charge >= 0.3 is 0 Å². The highest BCUT2D eigenvalue weighted by Gasteiger charge is 2.17. The minimum absolute atomic E-state index is 0.152. The number of nitrogens with one attached hydrogen (secondary N) is 1. The molecule has 0 spiro atoms. The molecule has 1 aromatic carbocycles. The third kappa shape index (κ3) is 5.08. The standard InChI is InChI=1S/C24H32N4O/c1-19-11-16-28(17-12-19)21-8-6-20(7-9-21)26-24(29)23-18-22(10-13-25-23)27-14-4-2-3-5-15-27/h6-10,13,18-19H,2-5,11-12,14-17H2,1H3,(H,26,29). The van der Waals surface area contributed by atoms with E-state index in [-0.39, 0.29) is 5.91 Å². The lowest BCUT2D eigenvalue weighted by Crippen LogP contribution is -2.32. The third-order valence-electron chi connectivity index (χ3n) is 6.22. The van der Waals surface area contributed by atoms with Crippen molar-refractivity contribution in [2.45, 2.75) is 45.4 Å². The van der Waals surface area contributed by atoms with Gasteiger partial charge in [0.1, 0.15) is 5.69 Å². The van der Waals surface area contributed by atoms with Crippen molar-refractivity contribution in [2.75, 3.05) is 41.3 Å². The molecular weight excluding hydrogens is 360 g/mol. The molecule has 1 aromatic heterocycles. The summed E-state index contributed by atoms with van der Waals surface area (Å²) >= 11 is 0. The fourth-order valence-electron chi connectivity index (χ4n) is 4.29. The van der Waals surface area contributed by atoms with Crippen molar-refractivity contribution in [3.63, 3.8) is 0 Å². The van der Waals surface area contributed by atoms with E-state index in [1.54, 1.807) is 6.20 Å². The number of amides is 1. The minimum Gasteiger partial charge on any atom is -0.372 e. The molecule has 29 heavy (non-hydrogen) atoms. The maximum absolute atomic E-state index is 12.7. The molecular formula is C24H32N4O. The Hall–Kier alpha value is -2.56.